The molecule has 2 fully saturated rings. The molecule has 0 radical (unpaired) electrons. The molecule has 4 nitrogen and oxygen atoms in total. The van der Waals surface area contributed by atoms with Crippen LogP contribution in [0.2, 0.25) is 0 Å². The third-order valence-corrected chi connectivity index (χ3v) is 6.31. The van der Waals surface area contributed by atoms with Gasteiger partial charge in [-0.05, 0) is 25.2 Å². The Labute approximate surface area is 138 Å². The molecule has 126 valence electrons. The molecule has 1 amide bonds. The molecule has 2 atom stereocenters. The van der Waals surface area contributed by atoms with Crippen LogP contribution in [0.25, 0.3) is 0 Å². The number of carbonyl (C=O) groups is 2. The lowest BCUT2D eigenvalue weighted by Crippen LogP contribution is -2.47. The van der Waals surface area contributed by atoms with Crippen LogP contribution in [-0.4, -0.2) is 40.6 Å². The first-order valence-corrected chi connectivity index (χ1v) is 9.68. The van der Waals surface area contributed by atoms with Crippen molar-refractivity contribution in [1.29, 1.82) is 0 Å². The molecule has 0 aromatic heterocycles. The van der Waals surface area contributed by atoms with Crippen molar-refractivity contribution in [2.75, 3.05) is 12.4 Å². The van der Waals surface area contributed by atoms with Gasteiger partial charge in [0.1, 0.15) is 6.04 Å². The molecule has 2 aliphatic rings. The Hall–Kier alpha value is -0.710. The fourth-order valence-electron chi connectivity index (χ4n) is 3.53. The van der Waals surface area contributed by atoms with E-state index < -0.39 is 6.04 Å². The molecule has 2 rings (SSSR count). The van der Waals surface area contributed by atoms with Crippen LogP contribution in [-0.2, 0) is 14.3 Å². The lowest BCUT2D eigenvalue weighted by atomic mass is 10.0. The van der Waals surface area contributed by atoms with E-state index in [2.05, 4.69) is 13.8 Å². The lowest BCUT2D eigenvalue weighted by Gasteiger charge is -2.30. The fraction of sp³-hybridized carbons (Fsp3) is 0.882. The second-order valence-electron chi connectivity index (χ2n) is 6.73. The Kier molecular flexibility index (Phi) is 6.60. The summed E-state index contributed by atoms with van der Waals surface area (Å²) in [6.45, 7) is 6.41. The Morgan fingerprint density at radius 3 is 2.55 bits per heavy atom. The number of esters is 1. The van der Waals surface area contributed by atoms with Crippen LogP contribution in [0.15, 0.2) is 0 Å². The van der Waals surface area contributed by atoms with E-state index in [1.807, 2.05) is 11.8 Å². The van der Waals surface area contributed by atoms with E-state index in [1.54, 1.807) is 11.8 Å². The first kappa shape index (κ1) is 17.6. The molecule has 5 heteroatoms. The summed E-state index contributed by atoms with van der Waals surface area (Å²) in [5.41, 5.74) is 0. The van der Waals surface area contributed by atoms with E-state index in [0.717, 1.165) is 6.42 Å². The minimum atomic E-state index is -0.395. The van der Waals surface area contributed by atoms with E-state index in [1.165, 1.54) is 25.7 Å². The molecule has 1 aliphatic carbocycles. The minimum absolute atomic E-state index is 0.102. The van der Waals surface area contributed by atoms with Gasteiger partial charge in [-0.1, -0.05) is 39.5 Å². The van der Waals surface area contributed by atoms with E-state index in [4.69, 9.17) is 4.74 Å². The minimum Gasteiger partial charge on any atom is -0.464 e. The summed E-state index contributed by atoms with van der Waals surface area (Å²) < 4.78 is 5.17. The van der Waals surface area contributed by atoms with Crippen molar-refractivity contribution in [2.45, 2.75) is 70.7 Å². The Morgan fingerprint density at radius 1 is 1.27 bits per heavy atom. The van der Waals surface area contributed by atoms with Gasteiger partial charge in [0.05, 0.1) is 12.0 Å². The van der Waals surface area contributed by atoms with Gasteiger partial charge in [-0.3, -0.25) is 4.79 Å². The first-order valence-electron chi connectivity index (χ1n) is 8.64. The summed E-state index contributed by atoms with van der Waals surface area (Å²) in [6, 6.07) is -0.395. The molecule has 1 saturated heterocycles. The van der Waals surface area contributed by atoms with Crippen molar-refractivity contribution in [2.24, 2.45) is 11.8 Å². The van der Waals surface area contributed by atoms with Crippen molar-refractivity contribution in [3.8, 4) is 0 Å². The van der Waals surface area contributed by atoms with Crippen molar-refractivity contribution in [3.63, 3.8) is 0 Å². The van der Waals surface area contributed by atoms with Crippen LogP contribution in [0.1, 0.15) is 59.3 Å². The normalized spacial score (nSPS) is 25.9. The maximum atomic E-state index is 12.7. The Morgan fingerprint density at radius 2 is 1.95 bits per heavy atom. The second kappa shape index (κ2) is 8.23. The third kappa shape index (κ3) is 4.18. The van der Waals surface area contributed by atoms with Crippen LogP contribution < -0.4 is 0 Å². The fourth-order valence-corrected chi connectivity index (χ4v) is 5.02. The van der Waals surface area contributed by atoms with Crippen LogP contribution in [0, 0.1) is 11.8 Å². The second-order valence-corrected chi connectivity index (χ2v) is 7.88. The molecular formula is C17H29NO3S. The molecule has 1 saturated carbocycles. The summed E-state index contributed by atoms with van der Waals surface area (Å²) >= 11 is 1.71. The maximum Gasteiger partial charge on any atom is 0.329 e. The SMILES string of the molecule is CCOC(=O)C1CSC(C(C)C)N1C(=O)CCC1CCCC1. The predicted molar refractivity (Wildman–Crippen MR) is 89.5 cm³/mol. The number of ether oxygens (including phenoxy) is 1. The van der Waals surface area contributed by atoms with Gasteiger partial charge in [0.15, 0.2) is 0 Å². The highest BCUT2D eigenvalue weighted by Crippen LogP contribution is 2.36. The Bertz CT molecular complexity index is 393. The van der Waals surface area contributed by atoms with Gasteiger partial charge >= 0.3 is 5.97 Å². The number of amides is 1. The van der Waals surface area contributed by atoms with Gasteiger partial charge in [-0.2, -0.15) is 0 Å². The van der Waals surface area contributed by atoms with Gasteiger partial charge in [-0.15, -0.1) is 11.8 Å². The summed E-state index contributed by atoms with van der Waals surface area (Å²) in [6.07, 6.45) is 6.68. The molecule has 0 spiro atoms. The first-order chi connectivity index (χ1) is 10.5. The van der Waals surface area contributed by atoms with E-state index in [9.17, 15) is 9.59 Å². The average Bonchev–Trinajstić information content (AvgIpc) is 3.14. The number of nitrogens with zero attached hydrogens (tertiary/aromatic N) is 1. The smallest absolute Gasteiger partial charge is 0.329 e. The molecule has 0 bridgehead atoms. The topological polar surface area (TPSA) is 46.6 Å². The highest BCUT2D eigenvalue weighted by atomic mass is 32.2. The molecule has 22 heavy (non-hydrogen) atoms. The van der Waals surface area contributed by atoms with Crippen LogP contribution in [0.5, 0.6) is 0 Å². The van der Waals surface area contributed by atoms with Gasteiger partial charge in [0.2, 0.25) is 5.91 Å². The molecule has 1 heterocycles. The lowest BCUT2D eigenvalue weighted by molar-refractivity contribution is -0.154. The quantitative estimate of drug-likeness (QED) is 0.701. The van der Waals surface area contributed by atoms with E-state index >= 15 is 0 Å². The van der Waals surface area contributed by atoms with Crippen molar-refractivity contribution in [1.82, 2.24) is 4.90 Å². The Balaban J connectivity index is 1.99. The van der Waals surface area contributed by atoms with Gasteiger partial charge in [0, 0.05) is 12.2 Å². The summed E-state index contributed by atoms with van der Waals surface area (Å²) in [4.78, 5) is 26.7. The van der Waals surface area contributed by atoms with Crippen LogP contribution >= 0.6 is 11.8 Å². The van der Waals surface area contributed by atoms with Gasteiger partial charge in [0.25, 0.3) is 0 Å². The zero-order valence-corrected chi connectivity index (χ0v) is 14.9. The molecule has 0 aromatic rings. The number of thioether (sulfide) groups is 1. The molecule has 0 N–H and O–H groups in total. The number of hydrogen-bond acceptors (Lipinski definition) is 4. The van der Waals surface area contributed by atoms with Gasteiger partial charge in [-0.25, -0.2) is 4.79 Å². The maximum absolute atomic E-state index is 12.7. The zero-order chi connectivity index (χ0) is 16.1. The van der Waals surface area contributed by atoms with Crippen molar-refractivity contribution < 1.29 is 14.3 Å². The predicted octanol–water partition coefficient (Wildman–Crippen LogP) is 3.45. The number of hydrogen-bond donors (Lipinski definition) is 0. The summed E-state index contributed by atoms with van der Waals surface area (Å²) in [7, 11) is 0. The third-order valence-electron chi connectivity index (χ3n) is 4.69. The van der Waals surface area contributed by atoms with E-state index in [0.29, 0.717) is 30.6 Å². The van der Waals surface area contributed by atoms with Crippen LogP contribution in [0.4, 0.5) is 0 Å². The molecule has 0 aromatic carbocycles. The molecule has 1 aliphatic heterocycles. The number of rotatable bonds is 6. The zero-order valence-electron chi connectivity index (χ0n) is 14.0. The monoisotopic (exact) mass is 327 g/mol. The number of carbonyl (C=O) groups excluding carboxylic acids is 2. The summed E-state index contributed by atoms with van der Waals surface area (Å²) in [5, 5.41) is 0.102. The van der Waals surface area contributed by atoms with E-state index in [-0.39, 0.29) is 17.3 Å². The van der Waals surface area contributed by atoms with Crippen LogP contribution in [0.3, 0.4) is 0 Å². The highest BCUT2D eigenvalue weighted by Gasteiger charge is 2.43. The van der Waals surface area contributed by atoms with Crippen molar-refractivity contribution >= 4 is 23.6 Å². The summed E-state index contributed by atoms with van der Waals surface area (Å²) in [5.74, 6) is 1.61. The largest absolute Gasteiger partial charge is 0.464 e. The molecular weight excluding hydrogens is 298 g/mol. The average molecular weight is 327 g/mol. The standard InChI is InChI=1S/C17H29NO3S/c1-4-21-17(20)14-11-22-16(12(2)3)18(14)15(19)10-9-13-7-5-6-8-13/h12-14,16H,4-11H2,1-3H3. The highest BCUT2D eigenvalue weighted by molar-refractivity contribution is 8.00. The van der Waals surface area contributed by atoms with Gasteiger partial charge < -0.3 is 9.64 Å². The van der Waals surface area contributed by atoms with Crippen molar-refractivity contribution in [3.05, 3.63) is 0 Å². The molecule has 2 unspecified atom stereocenters.